The standard InChI is InChI=1S/C28H31F2N7O2/c1-16-28(38)34(2)15-23-25(33-27(37(16)23)18-13-36(14-18)8-9-39-4)19-6-5-7-22-20(19)10-21(26(29)30)24(32-22)17-11-31-35(3)12-17/h5-7,10-12,16,18,26H,8-9,13-15H2,1-4H3/t16-/m1/s1. The molecule has 3 aromatic heterocycles. The number of hydrogen-bond acceptors (Lipinski definition) is 6. The van der Waals surface area contributed by atoms with Gasteiger partial charge in [-0.05, 0) is 19.1 Å². The first-order valence-corrected chi connectivity index (χ1v) is 13.0. The zero-order valence-electron chi connectivity index (χ0n) is 22.4. The Hall–Kier alpha value is -3.70. The van der Waals surface area contributed by atoms with Gasteiger partial charge in [0.15, 0.2) is 0 Å². The molecule has 9 nitrogen and oxygen atoms in total. The summed E-state index contributed by atoms with van der Waals surface area (Å²) >= 11 is 0. The van der Waals surface area contributed by atoms with E-state index in [4.69, 9.17) is 9.72 Å². The summed E-state index contributed by atoms with van der Waals surface area (Å²) in [5.74, 6) is 1.08. The van der Waals surface area contributed by atoms with Gasteiger partial charge in [0.2, 0.25) is 5.91 Å². The van der Waals surface area contributed by atoms with Crippen molar-refractivity contribution in [3.05, 3.63) is 53.7 Å². The topological polar surface area (TPSA) is 81.3 Å². The van der Waals surface area contributed by atoms with Crippen molar-refractivity contribution >= 4 is 16.8 Å². The molecule has 0 radical (unpaired) electrons. The summed E-state index contributed by atoms with van der Waals surface area (Å²) in [6.07, 6.45) is 0.517. The molecule has 1 atom stereocenters. The Morgan fingerprint density at radius 1 is 1.15 bits per heavy atom. The Labute approximate surface area is 225 Å². The van der Waals surface area contributed by atoms with Gasteiger partial charge in [-0.2, -0.15) is 5.10 Å². The summed E-state index contributed by atoms with van der Waals surface area (Å²) in [6, 6.07) is 6.75. The van der Waals surface area contributed by atoms with Crippen molar-refractivity contribution < 1.29 is 18.3 Å². The maximum Gasteiger partial charge on any atom is 0.265 e. The van der Waals surface area contributed by atoms with Crippen molar-refractivity contribution in [3.63, 3.8) is 0 Å². The number of likely N-dealkylation sites (tertiary alicyclic amines) is 1. The number of fused-ring (bicyclic) bond motifs is 2. The number of methoxy groups -OCH3 is 1. The van der Waals surface area contributed by atoms with Crippen LogP contribution in [0.2, 0.25) is 0 Å². The largest absolute Gasteiger partial charge is 0.383 e. The molecule has 39 heavy (non-hydrogen) atoms. The molecule has 0 saturated carbocycles. The summed E-state index contributed by atoms with van der Waals surface area (Å²) in [5.41, 5.74) is 3.58. The third-order valence-corrected chi connectivity index (χ3v) is 7.84. The van der Waals surface area contributed by atoms with E-state index in [0.29, 0.717) is 35.3 Å². The van der Waals surface area contributed by atoms with Crippen LogP contribution in [0, 0.1) is 0 Å². The van der Waals surface area contributed by atoms with Crippen LogP contribution in [0.15, 0.2) is 36.7 Å². The summed E-state index contributed by atoms with van der Waals surface area (Å²) < 4.78 is 37.5. The average molecular weight is 536 g/mol. The van der Waals surface area contributed by atoms with Crippen LogP contribution in [0.25, 0.3) is 33.4 Å². The predicted molar refractivity (Wildman–Crippen MR) is 142 cm³/mol. The van der Waals surface area contributed by atoms with E-state index in [2.05, 4.69) is 19.5 Å². The van der Waals surface area contributed by atoms with Gasteiger partial charge in [0.05, 0.1) is 41.9 Å². The molecule has 204 valence electrons. The molecule has 11 heteroatoms. The summed E-state index contributed by atoms with van der Waals surface area (Å²) in [7, 11) is 5.22. The second kappa shape index (κ2) is 9.80. The molecule has 2 aliphatic heterocycles. The molecule has 1 aromatic carbocycles. The maximum absolute atomic E-state index is 14.3. The van der Waals surface area contributed by atoms with Gasteiger partial charge in [0, 0.05) is 75.0 Å². The molecular formula is C28H31F2N7O2. The number of carbonyl (C=O) groups excluding carboxylic acids is 1. The highest BCUT2D eigenvalue weighted by atomic mass is 19.3. The number of hydrogen-bond donors (Lipinski definition) is 0. The third-order valence-electron chi connectivity index (χ3n) is 7.84. The highest BCUT2D eigenvalue weighted by molar-refractivity contribution is 5.96. The van der Waals surface area contributed by atoms with Crippen molar-refractivity contribution in [3.8, 4) is 22.5 Å². The number of carbonyl (C=O) groups is 1. The highest BCUT2D eigenvalue weighted by Crippen LogP contribution is 2.41. The first-order valence-electron chi connectivity index (χ1n) is 13.0. The van der Waals surface area contributed by atoms with Gasteiger partial charge in [-0.25, -0.2) is 18.7 Å². The monoisotopic (exact) mass is 535 g/mol. The van der Waals surface area contributed by atoms with Crippen LogP contribution in [0.5, 0.6) is 0 Å². The van der Waals surface area contributed by atoms with Crippen molar-refractivity contribution in [2.24, 2.45) is 7.05 Å². The Morgan fingerprint density at radius 2 is 1.95 bits per heavy atom. The molecular weight excluding hydrogens is 504 g/mol. The summed E-state index contributed by atoms with van der Waals surface area (Å²) in [6.45, 7) is 5.46. The third kappa shape index (κ3) is 4.29. The molecule has 1 saturated heterocycles. The van der Waals surface area contributed by atoms with E-state index in [0.717, 1.165) is 36.7 Å². The molecule has 0 spiro atoms. The van der Waals surface area contributed by atoms with E-state index in [1.165, 1.54) is 6.07 Å². The Bertz CT molecular complexity index is 1560. The number of pyridine rings is 1. The van der Waals surface area contributed by atoms with E-state index in [-0.39, 0.29) is 23.1 Å². The van der Waals surface area contributed by atoms with Crippen LogP contribution in [-0.2, 0) is 23.1 Å². The molecule has 1 amide bonds. The number of aromatic nitrogens is 5. The fourth-order valence-electron chi connectivity index (χ4n) is 5.80. The van der Waals surface area contributed by atoms with Gasteiger partial charge < -0.3 is 14.2 Å². The lowest BCUT2D eigenvalue weighted by atomic mass is 9.98. The number of likely N-dealkylation sites (N-methyl/N-ethyl adjacent to an activating group) is 1. The number of ether oxygens (including phenoxy) is 1. The van der Waals surface area contributed by atoms with Crippen molar-refractivity contribution in [2.45, 2.75) is 31.9 Å². The molecule has 6 rings (SSSR count). The number of amides is 1. The number of benzene rings is 1. The lowest BCUT2D eigenvalue weighted by Gasteiger charge is -2.40. The number of imidazole rings is 1. The molecule has 2 aliphatic rings. The van der Waals surface area contributed by atoms with Gasteiger partial charge >= 0.3 is 0 Å². The normalized spacial score (nSPS) is 18.3. The van der Waals surface area contributed by atoms with E-state index in [1.54, 1.807) is 43.2 Å². The van der Waals surface area contributed by atoms with Crippen LogP contribution < -0.4 is 0 Å². The van der Waals surface area contributed by atoms with Crippen LogP contribution in [0.3, 0.4) is 0 Å². The Morgan fingerprint density at radius 3 is 2.64 bits per heavy atom. The number of nitrogens with zero attached hydrogens (tertiary/aromatic N) is 7. The van der Waals surface area contributed by atoms with Crippen LogP contribution >= 0.6 is 0 Å². The minimum Gasteiger partial charge on any atom is -0.383 e. The smallest absolute Gasteiger partial charge is 0.265 e. The maximum atomic E-state index is 14.3. The molecule has 4 aromatic rings. The summed E-state index contributed by atoms with van der Waals surface area (Å²) in [4.78, 5) is 26.8. The van der Waals surface area contributed by atoms with Crippen molar-refractivity contribution in [2.75, 3.05) is 40.4 Å². The van der Waals surface area contributed by atoms with Crippen LogP contribution in [-0.4, -0.2) is 80.4 Å². The zero-order chi connectivity index (χ0) is 27.4. The SMILES string of the molecule is COCCN1CC(c2nc(-c3cccc4nc(-c5cnn(C)c5)c(C(F)F)cc34)c3n2[C@H](C)C(=O)N(C)C3)C1. The van der Waals surface area contributed by atoms with Crippen molar-refractivity contribution in [1.29, 1.82) is 0 Å². The molecule has 1 fully saturated rings. The minimum atomic E-state index is -2.71. The van der Waals surface area contributed by atoms with Gasteiger partial charge in [-0.15, -0.1) is 0 Å². The van der Waals surface area contributed by atoms with Gasteiger partial charge in [-0.3, -0.25) is 14.4 Å². The summed E-state index contributed by atoms with van der Waals surface area (Å²) in [5, 5.41) is 4.74. The fraction of sp³-hybridized carbons (Fsp3) is 0.429. The van der Waals surface area contributed by atoms with E-state index < -0.39 is 12.5 Å². The lowest BCUT2D eigenvalue weighted by Crippen LogP contribution is -2.48. The quantitative estimate of drug-likeness (QED) is 0.356. The molecule has 0 N–H and O–H groups in total. The first kappa shape index (κ1) is 25.6. The lowest BCUT2D eigenvalue weighted by molar-refractivity contribution is -0.135. The number of halogens is 2. The molecule has 0 bridgehead atoms. The number of aryl methyl sites for hydroxylation is 1. The molecule has 0 aliphatic carbocycles. The van der Waals surface area contributed by atoms with Crippen molar-refractivity contribution in [1.82, 2.24) is 34.1 Å². The number of rotatable bonds is 7. The average Bonchev–Trinajstić information content (AvgIpc) is 3.49. The van der Waals surface area contributed by atoms with E-state index in [9.17, 15) is 13.6 Å². The molecule has 0 unspecified atom stereocenters. The second-order valence-electron chi connectivity index (χ2n) is 10.5. The minimum absolute atomic E-state index is 0.0314. The van der Waals surface area contributed by atoms with Crippen LogP contribution in [0.1, 0.15) is 42.4 Å². The fourth-order valence-corrected chi connectivity index (χ4v) is 5.80. The highest BCUT2D eigenvalue weighted by Gasteiger charge is 2.39. The van der Waals surface area contributed by atoms with Crippen LogP contribution in [0.4, 0.5) is 8.78 Å². The Kier molecular flexibility index (Phi) is 6.43. The second-order valence-corrected chi connectivity index (χ2v) is 10.5. The first-order chi connectivity index (χ1) is 18.8. The molecule has 5 heterocycles. The predicted octanol–water partition coefficient (Wildman–Crippen LogP) is 4.02. The number of alkyl halides is 2. The van der Waals surface area contributed by atoms with Gasteiger partial charge in [0.1, 0.15) is 11.9 Å². The van der Waals surface area contributed by atoms with E-state index in [1.807, 2.05) is 25.1 Å². The van der Waals surface area contributed by atoms with Gasteiger partial charge in [0.25, 0.3) is 6.43 Å². The van der Waals surface area contributed by atoms with E-state index >= 15 is 0 Å². The Balaban J connectivity index is 1.50. The zero-order valence-corrected chi connectivity index (χ0v) is 22.4. The van der Waals surface area contributed by atoms with Gasteiger partial charge in [-0.1, -0.05) is 12.1 Å².